The molecular weight excluding hydrogens is 365 g/mol. The minimum atomic E-state index is -0.752. The number of hydrogen-bond acceptors (Lipinski definition) is 3. The van der Waals surface area contributed by atoms with E-state index in [0.29, 0.717) is 13.0 Å². The number of nitrogens with zero attached hydrogens (tertiary/aromatic N) is 2. The smallest absolute Gasteiger partial charge is 0.230 e. The highest BCUT2D eigenvalue weighted by Gasteiger charge is 2.40. The van der Waals surface area contributed by atoms with Crippen LogP contribution in [0, 0.1) is 5.82 Å². The molecule has 1 amide bonds. The number of nitrogens with one attached hydrogen (secondary N) is 1. The van der Waals surface area contributed by atoms with Crippen LogP contribution in [0.4, 0.5) is 4.39 Å². The first-order valence-electron chi connectivity index (χ1n) is 8.58. The Morgan fingerprint density at radius 1 is 1.15 bits per heavy atom. The first kappa shape index (κ1) is 17.6. The molecule has 0 fully saturated rings. The molecular formula is C21H17ClFN3O. The van der Waals surface area contributed by atoms with Gasteiger partial charge in [-0.05, 0) is 59.4 Å². The lowest BCUT2D eigenvalue weighted by molar-refractivity contribution is -0.127. The van der Waals surface area contributed by atoms with Crippen LogP contribution in [0.1, 0.15) is 23.6 Å². The van der Waals surface area contributed by atoms with Gasteiger partial charge in [-0.3, -0.25) is 4.79 Å². The predicted molar refractivity (Wildman–Crippen MR) is 102 cm³/mol. The van der Waals surface area contributed by atoms with Crippen molar-refractivity contribution in [2.45, 2.75) is 25.3 Å². The minimum absolute atomic E-state index is 0.0341. The number of amides is 1. The van der Waals surface area contributed by atoms with E-state index in [1.807, 2.05) is 25.1 Å². The summed E-state index contributed by atoms with van der Waals surface area (Å²) in [7, 11) is 0. The number of halogens is 2. The van der Waals surface area contributed by atoms with Gasteiger partial charge in [0.2, 0.25) is 5.91 Å². The highest BCUT2D eigenvalue weighted by Crippen LogP contribution is 2.37. The molecule has 0 radical (unpaired) electrons. The maximum atomic E-state index is 13.5. The second-order valence-electron chi connectivity index (χ2n) is 6.94. The van der Waals surface area contributed by atoms with E-state index < -0.39 is 11.2 Å². The summed E-state index contributed by atoms with van der Waals surface area (Å²) in [4.78, 5) is 20.9. The Morgan fingerprint density at radius 2 is 1.85 bits per heavy atom. The monoisotopic (exact) mass is 381 g/mol. The lowest BCUT2D eigenvalue weighted by atomic mass is 9.72. The van der Waals surface area contributed by atoms with Crippen LogP contribution in [0.2, 0.25) is 5.02 Å². The summed E-state index contributed by atoms with van der Waals surface area (Å²) < 4.78 is 13.5. The summed E-state index contributed by atoms with van der Waals surface area (Å²) in [6.45, 7) is 2.41. The maximum Gasteiger partial charge on any atom is 0.230 e. The Labute approximate surface area is 161 Å². The summed E-state index contributed by atoms with van der Waals surface area (Å²) in [6.07, 6.45) is 5.41. The van der Waals surface area contributed by atoms with Crippen molar-refractivity contribution in [2.75, 3.05) is 0 Å². The Hall–Kier alpha value is -2.79. The fraction of sp³-hybridized carbons (Fsp3) is 0.190. The van der Waals surface area contributed by atoms with Gasteiger partial charge in [-0.15, -0.1) is 0 Å². The topological polar surface area (TPSA) is 54.9 Å². The lowest BCUT2D eigenvalue weighted by Gasteiger charge is -2.35. The van der Waals surface area contributed by atoms with Crippen molar-refractivity contribution in [2.24, 2.45) is 0 Å². The quantitative estimate of drug-likeness (QED) is 0.744. The van der Waals surface area contributed by atoms with Crippen LogP contribution < -0.4 is 5.32 Å². The van der Waals surface area contributed by atoms with Gasteiger partial charge >= 0.3 is 0 Å². The summed E-state index contributed by atoms with van der Waals surface area (Å²) in [5.41, 5.74) is 3.84. The van der Waals surface area contributed by atoms with Crippen molar-refractivity contribution >= 4 is 17.5 Å². The van der Waals surface area contributed by atoms with E-state index in [0.717, 1.165) is 27.8 Å². The number of hydrogen-bond donors (Lipinski definition) is 1. The maximum absolute atomic E-state index is 13.5. The number of rotatable bonds is 3. The molecule has 0 aliphatic carbocycles. The molecule has 1 aromatic heterocycles. The molecule has 0 spiro atoms. The number of aromatic nitrogens is 2. The largest absolute Gasteiger partial charge is 0.351 e. The molecule has 2 heterocycles. The van der Waals surface area contributed by atoms with Gasteiger partial charge in [0.15, 0.2) is 0 Å². The molecule has 1 atom stereocenters. The van der Waals surface area contributed by atoms with Crippen LogP contribution in [0.25, 0.3) is 11.1 Å². The Bertz CT molecular complexity index is 1030. The van der Waals surface area contributed by atoms with Crippen molar-refractivity contribution in [3.05, 3.63) is 82.6 Å². The fourth-order valence-electron chi connectivity index (χ4n) is 3.60. The molecule has 0 unspecified atom stereocenters. The Morgan fingerprint density at radius 3 is 2.59 bits per heavy atom. The number of carbonyl (C=O) groups is 1. The molecule has 0 saturated heterocycles. The minimum Gasteiger partial charge on any atom is -0.351 e. The van der Waals surface area contributed by atoms with Crippen molar-refractivity contribution < 1.29 is 9.18 Å². The first-order valence-corrected chi connectivity index (χ1v) is 8.96. The molecule has 2 aromatic carbocycles. The average molecular weight is 382 g/mol. The van der Waals surface area contributed by atoms with Crippen LogP contribution in [0.3, 0.4) is 0 Å². The summed E-state index contributed by atoms with van der Waals surface area (Å²) >= 11 is 5.94. The zero-order valence-corrected chi connectivity index (χ0v) is 15.4. The number of carbonyl (C=O) groups excluding carboxylic acids is 1. The van der Waals surface area contributed by atoms with Crippen LogP contribution in [0.15, 0.2) is 55.1 Å². The Balaban J connectivity index is 1.80. The molecule has 1 N–H and O–H groups in total. The van der Waals surface area contributed by atoms with Crippen molar-refractivity contribution in [3.63, 3.8) is 0 Å². The first-order chi connectivity index (χ1) is 13.0. The van der Waals surface area contributed by atoms with E-state index in [2.05, 4.69) is 15.3 Å². The van der Waals surface area contributed by atoms with Gasteiger partial charge in [0, 0.05) is 18.9 Å². The second kappa shape index (κ2) is 6.74. The lowest BCUT2D eigenvalue weighted by Crippen LogP contribution is -2.48. The van der Waals surface area contributed by atoms with Crippen LogP contribution in [0.5, 0.6) is 0 Å². The van der Waals surface area contributed by atoms with Gasteiger partial charge < -0.3 is 5.32 Å². The SMILES string of the molecule is C[C@@]1(Cc2cncnc2)C(=O)NCc2ccc(-c3ccc(F)c(Cl)c3)cc21. The molecule has 0 saturated carbocycles. The van der Waals surface area contributed by atoms with Crippen molar-refractivity contribution in [1.82, 2.24) is 15.3 Å². The molecule has 1 aliphatic heterocycles. The zero-order valence-electron chi connectivity index (χ0n) is 14.7. The standard InChI is InChI=1S/C21H17ClFN3O/c1-21(8-13-9-24-12-25-10-13)17-6-14(2-3-16(17)11-26-20(21)27)15-4-5-19(23)18(22)7-15/h2-7,9-10,12H,8,11H2,1H3,(H,26,27)/t21-/m0/s1. The third-order valence-corrected chi connectivity index (χ3v) is 5.36. The van der Waals surface area contributed by atoms with Gasteiger partial charge in [0.05, 0.1) is 10.4 Å². The van der Waals surface area contributed by atoms with Crippen LogP contribution >= 0.6 is 11.6 Å². The molecule has 136 valence electrons. The molecule has 4 rings (SSSR count). The highest BCUT2D eigenvalue weighted by atomic mass is 35.5. The zero-order chi connectivity index (χ0) is 19.0. The number of benzene rings is 2. The predicted octanol–water partition coefficient (Wildman–Crippen LogP) is 4.07. The fourth-order valence-corrected chi connectivity index (χ4v) is 3.78. The van der Waals surface area contributed by atoms with Gasteiger partial charge in [-0.1, -0.05) is 29.8 Å². The second-order valence-corrected chi connectivity index (χ2v) is 7.35. The van der Waals surface area contributed by atoms with E-state index >= 15 is 0 Å². The molecule has 3 aromatic rings. The van der Waals surface area contributed by atoms with E-state index in [4.69, 9.17) is 11.6 Å². The van der Waals surface area contributed by atoms with Crippen LogP contribution in [-0.4, -0.2) is 15.9 Å². The van der Waals surface area contributed by atoms with Crippen molar-refractivity contribution in [3.8, 4) is 11.1 Å². The van der Waals surface area contributed by atoms with E-state index in [-0.39, 0.29) is 10.9 Å². The van der Waals surface area contributed by atoms with Gasteiger partial charge in [-0.25, -0.2) is 14.4 Å². The van der Waals surface area contributed by atoms with E-state index in [1.54, 1.807) is 24.5 Å². The molecule has 27 heavy (non-hydrogen) atoms. The van der Waals surface area contributed by atoms with Gasteiger partial charge in [0.25, 0.3) is 0 Å². The molecule has 6 heteroatoms. The Kier molecular flexibility index (Phi) is 4.40. The normalized spacial score (nSPS) is 18.7. The third-order valence-electron chi connectivity index (χ3n) is 5.07. The van der Waals surface area contributed by atoms with Gasteiger partial charge in [-0.2, -0.15) is 0 Å². The van der Waals surface area contributed by atoms with E-state index in [9.17, 15) is 9.18 Å². The summed E-state index contributed by atoms with van der Waals surface area (Å²) in [6, 6.07) is 10.6. The molecule has 4 nitrogen and oxygen atoms in total. The highest BCUT2D eigenvalue weighted by molar-refractivity contribution is 6.31. The summed E-state index contributed by atoms with van der Waals surface area (Å²) in [5.74, 6) is -0.486. The van der Waals surface area contributed by atoms with E-state index in [1.165, 1.54) is 12.4 Å². The third kappa shape index (κ3) is 3.19. The molecule has 0 bridgehead atoms. The number of fused-ring (bicyclic) bond motifs is 1. The molecule has 1 aliphatic rings. The van der Waals surface area contributed by atoms with Crippen LogP contribution in [-0.2, 0) is 23.2 Å². The summed E-state index contributed by atoms with van der Waals surface area (Å²) in [5, 5.41) is 3.05. The average Bonchev–Trinajstić information content (AvgIpc) is 2.68. The van der Waals surface area contributed by atoms with Crippen molar-refractivity contribution in [1.29, 1.82) is 0 Å². The van der Waals surface area contributed by atoms with Gasteiger partial charge in [0.1, 0.15) is 12.1 Å².